The number of benzene rings is 1. The first-order valence-electron chi connectivity index (χ1n) is 11.7. The Bertz CT molecular complexity index is 1090. The average molecular weight is 510 g/mol. The molecule has 0 fully saturated rings. The molecule has 1 aliphatic heterocycles. The fraction of sp³-hybridized carbons (Fsp3) is 0.609. The number of hydrogen-bond donors (Lipinski definition) is 1. The fourth-order valence-electron chi connectivity index (χ4n) is 4.04. The molecule has 1 aliphatic rings. The summed E-state index contributed by atoms with van der Waals surface area (Å²) in [6, 6.07) is 6.08. The second kappa shape index (κ2) is 11.9. The summed E-state index contributed by atoms with van der Waals surface area (Å²) in [5, 5.41) is 17.9. The van der Waals surface area contributed by atoms with Gasteiger partial charge in [0, 0.05) is 39.0 Å². The molecule has 0 aliphatic carbocycles. The van der Waals surface area contributed by atoms with Crippen LogP contribution in [0.4, 0.5) is 0 Å². The van der Waals surface area contributed by atoms with Crippen LogP contribution in [0.25, 0.3) is 0 Å². The number of methoxy groups -OCH3 is 1. The van der Waals surface area contributed by atoms with Crippen molar-refractivity contribution in [3.8, 4) is 5.75 Å². The van der Waals surface area contributed by atoms with Crippen molar-refractivity contribution in [3.05, 3.63) is 36.2 Å². The lowest BCUT2D eigenvalue weighted by molar-refractivity contribution is -0.136. The molecule has 194 valence electrons. The van der Waals surface area contributed by atoms with E-state index in [0.717, 1.165) is 0 Å². The zero-order valence-corrected chi connectivity index (χ0v) is 21.5. The molecule has 12 heteroatoms. The van der Waals surface area contributed by atoms with Crippen LogP contribution in [0.3, 0.4) is 0 Å². The van der Waals surface area contributed by atoms with Gasteiger partial charge in [0.15, 0.2) is 0 Å². The number of sulfonamides is 1. The molecule has 1 aromatic heterocycles. The van der Waals surface area contributed by atoms with E-state index in [1.165, 1.54) is 24.5 Å². The van der Waals surface area contributed by atoms with E-state index in [9.17, 15) is 18.3 Å². The van der Waals surface area contributed by atoms with Gasteiger partial charge in [-0.1, -0.05) is 24.3 Å². The van der Waals surface area contributed by atoms with E-state index in [1.807, 2.05) is 6.92 Å². The summed E-state index contributed by atoms with van der Waals surface area (Å²) in [6.07, 6.45) is 2.11. The predicted molar refractivity (Wildman–Crippen MR) is 128 cm³/mol. The lowest BCUT2D eigenvalue weighted by Gasteiger charge is -2.35. The van der Waals surface area contributed by atoms with Crippen molar-refractivity contribution >= 4 is 15.9 Å². The molecule has 0 spiro atoms. The Labute approximate surface area is 206 Å². The van der Waals surface area contributed by atoms with E-state index in [1.54, 1.807) is 40.9 Å². The van der Waals surface area contributed by atoms with E-state index in [-0.39, 0.29) is 48.3 Å². The number of aliphatic hydroxyl groups is 1. The summed E-state index contributed by atoms with van der Waals surface area (Å²) in [5.74, 6) is -0.0563. The van der Waals surface area contributed by atoms with Gasteiger partial charge in [-0.05, 0) is 25.5 Å². The fourth-order valence-corrected chi connectivity index (χ4v) is 5.38. The predicted octanol–water partition coefficient (Wildman–Crippen LogP) is 1.13. The van der Waals surface area contributed by atoms with Gasteiger partial charge in [-0.3, -0.25) is 9.48 Å². The minimum Gasteiger partial charge on any atom is -0.495 e. The highest BCUT2D eigenvalue weighted by molar-refractivity contribution is 7.89. The zero-order valence-electron chi connectivity index (χ0n) is 20.7. The summed E-state index contributed by atoms with van der Waals surface area (Å²) in [6.45, 7) is 4.59. The third-order valence-corrected chi connectivity index (χ3v) is 8.10. The Morgan fingerprint density at radius 2 is 2.09 bits per heavy atom. The number of likely N-dealkylation sites (N-methyl/N-ethyl adjacent to an activating group) is 1. The van der Waals surface area contributed by atoms with Crippen molar-refractivity contribution in [1.82, 2.24) is 24.2 Å². The number of para-hydroxylation sites is 1. The van der Waals surface area contributed by atoms with Gasteiger partial charge in [0.05, 0.1) is 38.7 Å². The second-order valence-electron chi connectivity index (χ2n) is 8.92. The number of rotatable bonds is 7. The largest absolute Gasteiger partial charge is 0.495 e. The molecule has 35 heavy (non-hydrogen) atoms. The number of aliphatic hydroxyl groups excluding tert-OH is 1. The molecule has 2 heterocycles. The maximum Gasteiger partial charge on any atom is 0.246 e. The number of ether oxygens (including phenoxy) is 2. The van der Waals surface area contributed by atoms with Gasteiger partial charge in [-0.25, -0.2) is 8.42 Å². The Morgan fingerprint density at radius 1 is 1.34 bits per heavy atom. The Hall–Kier alpha value is -2.54. The molecule has 0 saturated heterocycles. The van der Waals surface area contributed by atoms with Gasteiger partial charge in [-0.15, -0.1) is 5.10 Å². The molecule has 1 aromatic carbocycles. The molecule has 0 unspecified atom stereocenters. The van der Waals surface area contributed by atoms with Crippen molar-refractivity contribution in [1.29, 1.82) is 0 Å². The second-order valence-corrected chi connectivity index (χ2v) is 10.9. The van der Waals surface area contributed by atoms with Crippen molar-refractivity contribution in [2.75, 3.05) is 33.9 Å². The number of fused-ring (bicyclic) bond motifs is 2. The summed E-state index contributed by atoms with van der Waals surface area (Å²) >= 11 is 0. The van der Waals surface area contributed by atoms with E-state index < -0.39 is 16.1 Å². The lowest BCUT2D eigenvalue weighted by Crippen LogP contribution is -2.47. The van der Waals surface area contributed by atoms with Gasteiger partial charge in [0.25, 0.3) is 0 Å². The van der Waals surface area contributed by atoms with Crippen LogP contribution in [-0.4, -0.2) is 89.6 Å². The van der Waals surface area contributed by atoms with Crippen LogP contribution < -0.4 is 4.74 Å². The van der Waals surface area contributed by atoms with E-state index in [0.29, 0.717) is 31.6 Å². The molecule has 2 aromatic rings. The molecule has 11 nitrogen and oxygen atoms in total. The molecule has 1 N–H and O–H groups in total. The first-order chi connectivity index (χ1) is 16.7. The topological polar surface area (TPSA) is 127 Å². The number of aromatic nitrogens is 3. The molecule has 0 saturated carbocycles. The highest BCUT2D eigenvalue weighted by atomic mass is 32.2. The number of aryl methyl sites for hydroxylation is 1. The molecule has 3 atom stereocenters. The van der Waals surface area contributed by atoms with Gasteiger partial charge >= 0.3 is 0 Å². The van der Waals surface area contributed by atoms with E-state index in [2.05, 4.69) is 10.3 Å². The van der Waals surface area contributed by atoms with Crippen molar-refractivity contribution in [2.24, 2.45) is 5.92 Å². The SMILES string of the molecule is COc1ccccc1S(=O)(=O)N(C)C[C@@H]1OCc2cn(nn2)CCCC(=O)N([C@H](C)CO)C[C@H]1C. The van der Waals surface area contributed by atoms with Crippen LogP contribution in [0.1, 0.15) is 32.4 Å². The monoisotopic (exact) mass is 509 g/mol. The van der Waals surface area contributed by atoms with Gasteiger partial charge < -0.3 is 19.5 Å². The van der Waals surface area contributed by atoms with E-state index >= 15 is 0 Å². The lowest BCUT2D eigenvalue weighted by atomic mass is 10.0. The molecule has 2 bridgehead atoms. The van der Waals surface area contributed by atoms with Gasteiger partial charge in [0.1, 0.15) is 16.3 Å². The average Bonchev–Trinajstić information content (AvgIpc) is 3.31. The number of hydrogen-bond acceptors (Lipinski definition) is 8. The Morgan fingerprint density at radius 3 is 2.80 bits per heavy atom. The zero-order chi connectivity index (χ0) is 25.6. The number of carbonyl (C=O) groups is 1. The Balaban J connectivity index is 1.88. The molecule has 1 amide bonds. The standard InChI is InChI=1S/C23H35N5O6S/c1-17-12-28(18(2)15-29)23(30)10-7-11-27-13-19(24-25-27)16-34-21(17)14-26(3)35(31,32)22-9-6-5-8-20(22)33-4/h5-6,8-9,13,17-18,21,29H,7,10-12,14-16H2,1-4H3/t17-,18-,21+/m1/s1. The maximum atomic E-state index is 13.4. The van der Waals surface area contributed by atoms with Crippen molar-refractivity contribution in [3.63, 3.8) is 0 Å². The maximum absolute atomic E-state index is 13.4. The molecule has 3 rings (SSSR count). The summed E-state index contributed by atoms with van der Waals surface area (Å²) in [5.41, 5.74) is 0.628. The molecular weight excluding hydrogens is 474 g/mol. The third kappa shape index (κ3) is 6.57. The smallest absolute Gasteiger partial charge is 0.246 e. The van der Waals surface area contributed by atoms with Crippen LogP contribution in [0.5, 0.6) is 5.75 Å². The summed E-state index contributed by atoms with van der Waals surface area (Å²) in [7, 11) is -0.953. The van der Waals surface area contributed by atoms with Gasteiger partial charge in [-0.2, -0.15) is 4.31 Å². The highest BCUT2D eigenvalue weighted by Gasteiger charge is 2.32. The summed E-state index contributed by atoms with van der Waals surface area (Å²) < 4.78 is 41.0. The molecular formula is C23H35N5O6S. The van der Waals surface area contributed by atoms with Gasteiger partial charge in [0.2, 0.25) is 15.9 Å². The van der Waals surface area contributed by atoms with Crippen molar-refractivity contribution < 1.29 is 27.8 Å². The summed E-state index contributed by atoms with van der Waals surface area (Å²) in [4.78, 5) is 14.7. The molecule has 0 radical (unpaired) electrons. The van der Waals surface area contributed by atoms with Crippen molar-refractivity contribution in [2.45, 2.75) is 56.9 Å². The normalized spacial score (nSPS) is 21.2. The van der Waals surface area contributed by atoms with Crippen LogP contribution in [-0.2, 0) is 32.7 Å². The number of nitrogens with zero attached hydrogens (tertiary/aromatic N) is 5. The number of carbonyl (C=O) groups excluding carboxylic acids is 1. The minimum atomic E-state index is -3.87. The van der Waals surface area contributed by atoms with E-state index in [4.69, 9.17) is 9.47 Å². The van der Waals surface area contributed by atoms with Crippen LogP contribution in [0.2, 0.25) is 0 Å². The first-order valence-corrected chi connectivity index (χ1v) is 13.1. The van der Waals surface area contributed by atoms with Crippen LogP contribution in [0, 0.1) is 5.92 Å². The van der Waals surface area contributed by atoms with Crippen LogP contribution in [0.15, 0.2) is 35.4 Å². The highest BCUT2D eigenvalue weighted by Crippen LogP contribution is 2.27. The number of amides is 1. The van der Waals surface area contributed by atoms with Crippen LogP contribution >= 0.6 is 0 Å². The first kappa shape index (κ1) is 27.1. The minimum absolute atomic E-state index is 0.0468. The Kier molecular flexibility index (Phi) is 9.22. The quantitative estimate of drug-likeness (QED) is 0.589. The third-order valence-electron chi connectivity index (χ3n) is 6.24.